The fourth-order valence-corrected chi connectivity index (χ4v) is 3.51. The first kappa shape index (κ1) is 21.3. The van der Waals surface area contributed by atoms with Gasteiger partial charge in [-0.25, -0.2) is 4.79 Å². The summed E-state index contributed by atoms with van der Waals surface area (Å²) in [5.74, 6) is -1.68. The fraction of sp³-hybridized carbons (Fsp3) is 0.526. The predicted molar refractivity (Wildman–Crippen MR) is 99.8 cm³/mol. The number of methoxy groups -OCH3 is 2. The van der Waals surface area contributed by atoms with Gasteiger partial charge in [0.2, 0.25) is 5.75 Å². The Kier molecular flexibility index (Phi) is 6.71. The minimum atomic E-state index is -1.24. The standard InChI is InChI=1S/C19H26N2O7/c1-21(19(18(24)25)7-5-4-6-8-19)17(23)12-9-13(26-2)16(14(10-12)27-3)28-11-15(20)22/h9-10H,4-8,11H2,1-3H3,(H2,20,22)(H,24,25). The minimum Gasteiger partial charge on any atom is -0.493 e. The number of amides is 2. The third-order valence-corrected chi connectivity index (χ3v) is 5.09. The summed E-state index contributed by atoms with van der Waals surface area (Å²) in [5, 5.41) is 9.82. The van der Waals surface area contributed by atoms with Crippen LogP contribution in [0.2, 0.25) is 0 Å². The van der Waals surface area contributed by atoms with E-state index in [-0.39, 0.29) is 29.4 Å². The number of carboxylic acids is 1. The van der Waals surface area contributed by atoms with E-state index in [1.54, 1.807) is 0 Å². The number of carboxylic acid groups (broad SMARTS) is 1. The van der Waals surface area contributed by atoms with E-state index in [2.05, 4.69) is 0 Å². The summed E-state index contributed by atoms with van der Waals surface area (Å²) in [7, 11) is 4.26. The summed E-state index contributed by atoms with van der Waals surface area (Å²) in [6.07, 6.45) is 3.24. The average Bonchev–Trinajstić information content (AvgIpc) is 2.70. The molecule has 28 heavy (non-hydrogen) atoms. The number of ether oxygens (including phenoxy) is 3. The Labute approximate surface area is 163 Å². The maximum absolute atomic E-state index is 13.1. The molecule has 0 unspecified atom stereocenters. The number of hydrogen-bond acceptors (Lipinski definition) is 6. The molecule has 0 aliphatic heterocycles. The molecule has 0 spiro atoms. The second kappa shape index (κ2) is 8.81. The largest absolute Gasteiger partial charge is 0.493 e. The van der Waals surface area contributed by atoms with Crippen molar-refractivity contribution in [2.24, 2.45) is 5.73 Å². The highest BCUT2D eigenvalue weighted by Crippen LogP contribution is 2.40. The van der Waals surface area contributed by atoms with E-state index >= 15 is 0 Å². The van der Waals surface area contributed by atoms with E-state index in [0.717, 1.165) is 19.3 Å². The van der Waals surface area contributed by atoms with Gasteiger partial charge in [0, 0.05) is 12.6 Å². The summed E-state index contributed by atoms with van der Waals surface area (Å²) < 4.78 is 15.9. The Morgan fingerprint density at radius 1 is 1.11 bits per heavy atom. The number of aliphatic carboxylic acids is 1. The quantitative estimate of drug-likeness (QED) is 0.682. The minimum absolute atomic E-state index is 0.133. The van der Waals surface area contributed by atoms with Crippen LogP contribution in [0.15, 0.2) is 12.1 Å². The molecule has 1 fully saturated rings. The number of rotatable bonds is 8. The monoisotopic (exact) mass is 394 g/mol. The van der Waals surface area contributed by atoms with Crippen molar-refractivity contribution in [1.82, 2.24) is 4.90 Å². The van der Waals surface area contributed by atoms with Crippen LogP contribution >= 0.6 is 0 Å². The number of carbonyl (C=O) groups is 3. The number of carbonyl (C=O) groups excluding carboxylic acids is 2. The summed E-state index contributed by atoms with van der Waals surface area (Å²) >= 11 is 0. The normalized spacial score (nSPS) is 15.4. The van der Waals surface area contributed by atoms with E-state index in [1.807, 2.05) is 0 Å². The Bertz CT molecular complexity index is 732. The lowest BCUT2D eigenvalue weighted by Gasteiger charge is -2.41. The molecule has 0 atom stereocenters. The maximum Gasteiger partial charge on any atom is 0.329 e. The Hall–Kier alpha value is -2.97. The summed E-state index contributed by atoms with van der Waals surface area (Å²) in [6, 6.07) is 2.85. The Balaban J connectivity index is 2.41. The summed E-state index contributed by atoms with van der Waals surface area (Å²) in [4.78, 5) is 37.4. The van der Waals surface area contributed by atoms with Crippen LogP contribution in [0.1, 0.15) is 42.5 Å². The van der Waals surface area contributed by atoms with Gasteiger partial charge in [0.1, 0.15) is 5.54 Å². The van der Waals surface area contributed by atoms with E-state index < -0.39 is 23.3 Å². The highest BCUT2D eigenvalue weighted by Gasteiger charge is 2.45. The van der Waals surface area contributed by atoms with Gasteiger partial charge < -0.3 is 30.0 Å². The van der Waals surface area contributed by atoms with Gasteiger partial charge in [-0.2, -0.15) is 0 Å². The highest BCUT2D eigenvalue weighted by molar-refractivity contribution is 5.99. The molecule has 9 nitrogen and oxygen atoms in total. The second-order valence-electron chi connectivity index (χ2n) is 6.73. The molecule has 3 N–H and O–H groups in total. The van der Waals surface area contributed by atoms with Gasteiger partial charge in [-0.3, -0.25) is 9.59 Å². The van der Waals surface area contributed by atoms with Crippen molar-refractivity contribution in [3.8, 4) is 17.2 Å². The Morgan fingerprint density at radius 3 is 2.07 bits per heavy atom. The SMILES string of the molecule is COc1cc(C(=O)N(C)C2(C(=O)O)CCCCC2)cc(OC)c1OCC(N)=O. The van der Waals surface area contributed by atoms with Crippen molar-refractivity contribution >= 4 is 17.8 Å². The number of primary amides is 1. The zero-order valence-corrected chi connectivity index (χ0v) is 16.3. The van der Waals surface area contributed by atoms with Gasteiger partial charge in [-0.15, -0.1) is 0 Å². The number of benzene rings is 1. The van der Waals surface area contributed by atoms with Gasteiger partial charge in [0.05, 0.1) is 14.2 Å². The molecule has 0 radical (unpaired) electrons. The summed E-state index contributed by atoms with van der Waals surface area (Å²) in [5.41, 5.74) is 4.05. The van der Waals surface area contributed by atoms with Crippen molar-refractivity contribution in [1.29, 1.82) is 0 Å². The highest BCUT2D eigenvalue weighted by atomic mass is 16.5. The third kappa shape index (κ3) is 4.13. The van der Waals surface area contributed by atoms with Crippen molar-refractivity contribution in [3.05, 3.63) is 17.7 Å². The number of nitrogens with two attached hydrogens (primary N) is 1. The predicted octanol–water partition coefficient (Wildman–Crippen LogP) is 1.43. The van der Waals surface area contributed by atoms with Crippen LogP contribution in [0.4, 0.5) is 0 Å². The summed E-state index contributed by atoms with van der Waals surface area (Å²) in [6.45, 7) is -0.387. The molecular formula is C19H26N2O7. The molecule has 0 heterocycles. The average molecular weight is 394 g/mol. The molecular weight excluding hydrogens is 368 g/mol. The zero-order chi connectivity index (χ0) is 20.9. The topological polar surface area (TPSA) is 128 Å². The third-order valence-electron chi connectivity index (χ3n) is 5.09. The number of nitrogens with zero attached hydrogens (tertiary/aromatic N) is 1. The zero-order valence-electron chi connectivity index (χ0n) is 16.3. The van der Waals surface area contributed by atoms with E-state index in [0.29, 0.717) is 12.8 Å². The first-order chi connectivity index (χ1) is 13.3. The lowest BCUT2D eigenvalue weighted by atomic mass is 9.80. The first-order valence-electron chi connectivity index (χ1n) is 8.95. The van der Waals surface area contributed by atoms with Gasteiger partial charge in [0.25, 0.3) is 11.8 Å². The number of hydrogen-bond donors (Lipinski definition) is 2. The Morgan fingerprint density at radius 2 is 1.64 bits per heavy atom. The smallest absolute Gasteiger partial charge is 0.329 e. The lowest BCUT2D eigenvalue weighted by molar-refractivity contribution is -0.151. The van der Waals surface area contributed by atoms with Crippen LogP contribution in [0.25, 0.3) is 0 Å². The van der Waals surface area contributed by atoms with E-state index in [4.69, 9.17) is 19.9 Å². The molecule has 0 aromatic heterocycles. The molecule has 0 saturated heterocycles. The van der Waals surface area contributed by atoms with Crippen molar-refractivity contribution < 1.29 is 33.7 Å². The van der Waals surface area contributed by atoms with E-state index in [1.165, 1.54) is 38.3 Å². The molecule has 2 amide bonds. The van der Waals surface area contributed by atoms with Crippen LogP contribution in [0, 0.1) is 0 Å². The molecule has 1 aromatic carbocycles. The van der Waals surface area contributed by atoms with Gasteiger partial charge in [-0.05, 0) is 25.0 Å². The van der Waals surface area contributed by atoms with Crippen LogP contribution in [0.5, 0.6) is 17.2 Å². The van der Waals surface area contributed by atoms with Crippen molar-refractivity contribution in [2.45, 2.75) is 37.6 Å². The van der Waals surface area contributed by atoms with Crippen molar-refractivity contribution in [3.63, 3.8) is 0 Å². The van der Waals surface area contributed by atoms with Gasteiger partial charge in [0.15, 0.2) is 18.1 Å². The van der Waals surface area contributed by atoms with Crippen LogP contribution in [-0.4, -0.2) is 61.2 Å². The molecule has 2 rings (SSSR count). The molecule has 154 valence electrons. The fourth-order valence-electron chi connectivity index (χ4n) is 3.51. The van der Waals surface area contributed by atoms with Crippen LogP contribution in [0.3, 0.4) is 0 Å². The molecule has 1 saturated carbocycles. The lowest BCUT2D eigenvalue weighted by Crippen LogP contribution is -2.56. The number of likely N-dealkylation sites (N-methyl/N-ethyl adjacent to an activating group) is 1. The van der Waals surface area contributed by atoms with E-state index in [9.17, 15) is 19.5 Å². The molecule has 1 aromatic rings. The molecule has 0 bridgehead atoms. The molecule has 1 aliphatic carbocycles. The maximum atomic E-state index is 13.1. The van der Waals surface area contributed by atoms with Crippen LogP contribution in [-0.2, 0) is 9.59 Å². The van der Waals surface area contributed by atoms with Crippen molar-refractivity contribution in [2.75, 3.05) is 27.9 Å². The molecule has 1 aliphatic rings. The van der Waals surface area contributed by atoms with Gasteiger partial charge in [-0.1, -0.05) is 19.3 Å². The second-order valence-corrected chi connectivity index (χ2v) is 6.73. The van der Waals surface area contributed by atoms with Crippen LogP contribution < -0.4 is 19.9 Å². The van der Waals surface area contributed by atoms with Gasteiger partial charge >= 0.3 is 5.97 Å². The first-order valence-corrected chi connectivity index (χ1v) is 8.95. The molecule has 9 heteroatoms.